The van der Waals surface area contributed by atoms with Crippen LogP contribution < -0.4 is 0 Å². The maximum atomic E-state index is 5.99. The molecule has 0 radical (unpaired) electrons. The van der Waals surface area contributed by atoms with Crippen molar-refractivity contribution >= 4 is 11.1 Å². The molecule has 4 nitrogen and oxygen atoms in total. The van der Waals surface area contributed by atoms with Crippen LogP contribution in [0, 0.1) is 0 Å². The molecule has 0 atom stereocenters. The second-order valence-corrected chi connectivity index (χ2v) is 6.27. The van der Waals surface area contributed by atoms with Crippen LogP contribution in [0.15, 0.2) is 95.9 Å². The van der Waals surface area contributed by atoms with Crippen LogP contribution in [0.1, 0.15) is 0 Å². The predicted octanol–water partition coefficient (Wildman–Crippen LogP) is 5.62. The number of fused-ring (bicyclic) bond motifs is 1. The van der Waals surface area contributed by atoms with Crippen molar-refractivity contribution in [3.05, 3.63) is 91.5 Å². The summed E-state index contributed by atoms with van der Waals surface area (Å²) in [5, 5.41) is 0. The average Bonchev–Trinajstić information content (AvgIpc) is 3.19. The van der Waals surface area contributed by atoms with Crippen molar-refractivity contribution < 1.29 is 4.42 Å². The minimum atomic E-state index is 0.604. The lowest BCUT2D eigenvalue weighted by Crippen LogP contribution is -1.87. The van der Waals surface area contributed by atoms with Gasteiger partial charge in [-0.1, -0.05) is 24.3 Å². The molecule has 0 aliphatic carbocycles. The molecule has 0 N–H and O–H groups in total. The van der Waals surface area contributed by atoms with Crippen molar-refractivity contribution in [1.82, 2.24) is 15.0 Å². The molecule has 128 valence electrons. The van der Waals surface area contributed by atoms with Gasteiger partial charge in [-0.05, 0) is 53.6 Å². The number of hydrogen-bond donors (Lipinski definition) is 0. The summed E-state index contributed by atoms with van der Waals surface area (Å²) in [6.45, 7) is 0. The number of oxazole rings is 1. The Balaban J connectivity index is 1.72. The van der Waals surface area contributed by atoms with Crippen molar-refractivity contribution in [3.63, 3.8) is 0 Å². The van der Waals surface area contributed by atoms with E-state index in [1.807, 2.05) is 60.9 Å². The molecule has 0 aliphatic heterocycles. The van der Waals surface area contributed by atoms with Gasteiger partial charge in [0.15, 0.2) is 5.58 Å². The number of nitrogens with zero attached hydrogens (tertiary/aromatic N) is 3. The lowest BCUT2D eigenvalue weighted by molar-refractivity contribution is 0.620. The first kappa shape index (κ1) is 15.5. The Labute approximate surface area is 156 Å². The van der Waals surface area contributed by atoms with E-state index in [0.717, 1.165) is 38.9 Å². The average molecular weight is 349 g/mol. The van der Waals surface area contributed by atoms with Crippen LogP contribution in [0.2, 0.25) is 0 Å². The molecule has 0 saturated carbocycles. The van der Waals surface area contributed by atoms with Crippen LogP contribution in [-0.4, -0.2) is 15.0 Å². The van der Waals surface area contributed by atoms with Gasteiger partial charge >= 0.3 is 0 Å². The SMILES string of the molecule is c1cncc(-c2cc(-c3cccnc3)cc(-c3nc4ccccc4o3)c2)c1. The number of rotatable bonds is 3. The van der Waals surface area contributed by atoms with Gasteiger partial charge < -0.3 is 4.42 Å². The Hall–Kier alpha value is -3.79. The van der Waals surface area contributed by atoms with Gasteiger partial charge in [0, 0.05) is 41.5 Å². The number of para-hydroxylation sites is 2. The number of pyridine rings is 2. The molecule has 4 heteroatoms. The molecule has 0 unspecified atom stereocenters. The minimum absolute atomic E-state index is 0.604. The molecule has 0 spiro atoms. The molecule has 3 aromatic heterocycles. The molecule has 0 fully saturated rings. The van der Waals surface area contributed by atoms with Crippen molar-refractivity contribution in [2.45, 2.75) is 0 Å². The highest BCUT2D eigenvalue weighted by Crippen LogP contribution is 2.33. The molecule has 0 aliphatic rings. The van der Waals surface area contributed by atoms with Crippen molar-refractivity contribution in [3.8, 4) is 33.7 Å². The summed E-state index contributed by atoms with van der Waals surface area (Å²) in [5.41, 5.74) is 6.75. The molecule has 5 aromatic rings. The van der Waals surface area contributed by atoms with E-state index in [9.17, 15) is 0 Å². The quantitative estimate of drug-likeness (QED) is 0.424. The topological polar surface area (TPSA) is 51.8 Å². The summed E-state index contributed by atoms with van der Waals surface area (Å²) >= 11 is 0. The van der Waals surface area contributed by atoms with E-state index in [1.165, 1.54) is 0 Å². The number of aromatic nitrogens is 3. The Morgan fingerprint density at radius 2 is 1.22 bits per heavy atom. The van der Waals surface area contributed by atoms with Crippen LogP contribution in [0.25, 0.3) is 44.8 Å². The van der Waals surface area contributed by atoms with Crippen LogP contribution in [0.3, 0.4) is 0 Å². The second-order valence-electron chi connectivity index (χ2n) is 6.27. The number of hydrogen-bond acceptors (Lipinski definition) is 4. The lowest BCUT2D eigenvalue weighted by atomic mass is 9.97. The van der Waals surface area contributed by atoms with E-state index >= 15 is 0 Å². The van der Waals surface area contributed by atoms with Gasteiger partial charge in [-0.15, -0.1) is 0 Å². The zero-order valence-corrected chi connectivity index (χ0v) is 14.4. The van der Waals surface area contributed by atoms with Gasteiger partial charge in [0.25, 0.3) is 0 Å². The monoisotopic (exact) mass is 349 g/mol. The fourth-order valence-electron chi connectivity index (χ4n) is 3.15. The fourth-order valence-corrected chi connectivity index (χ4v) is 3.15. The smallest absolute Gasteiger partial charge is 0.227 e. The second kappa shape index (κ2) is 6.50. The van der Waals surface area contributed by atoms with E-state index in [-0.39, 0.29) is 0 Å². The van der Waals surface area contributed by atoms with Crippen molar-refractivity contribution in [1.29, 1.82) is 0 Å². The highest BCUT2D eigenvalue weighted by atomic mass is 16.3. The van der Waals surface area contributed by atoms with Crippen LogP contribution >= 0.6 is 0 Å². The third-order valence-electron chi connectivity index (χ3n) is 4.46. The Bertz CT molecular complexity index is 1120. The predicted molar refractivity (Wildman–Crippen MR) is 106 cm³/mol. The zero-order chi connectivity index (χ0) is 18.1. The van der Waals surface area contributed by atoms with Gasteiger partial charge in [0.1, 0.15) is 5.52 Å². The van der Waals surface area contributed by atoms with E-state index in [1.54, 1.807) is 12.4 Å². The van der Waals surface area contributed by atoms with Gasteiger partial charge in [0.05, 0.1) is 0 Å². The van der Waals surface area contributed by atoms with Crippen LogP contribution in [0.5, 0.6) is 0 Å². The standard InChI is InChI=1S/C23H15N3O/c1-2-8-22-21(7-1)26-23(27-22)20-12-18(16-5-3-9-24-14-16)11-19(13-20)17-6-4-10-25-15-17/h1-15H. The zero-order valence-electron chi connectivity index (χ0n) is 14.4. The van der Waals surface area contributed by atoms with Gasteiger partial charge in [-0.2, -0.15) is 0 Å². The van der Waals surface area contributed by atoms with E-state index in [0.29, 0.717) is 5.89 Å². The third-order valence-corrected chi connectivity index (χ3v) is 4.46. The van der Waals surface area contributed by atoms with E-state index in [4.69, 9.17) is 4.42 Å². The molecular formula is C23H15N3O. The summed E-state index contributed by atoms with van der Waals surface area (Å²) in [5.74, 6) is 0.604. The molecule has 5 rings (SSSR count). The highest BCUT2D eigenvalue weighted by Gasteiger charge is 2.12. The van der Waals surface area contributed by atoms with Crippen LogP contribution in [-0.2, 0) is 0 Å². The minimum Gasteiger partial charge on any atom is -0.436 e. The summed E-state index contributed by atoms with van der Waals surface area (Å²) < 4.78 is 5.99. The van der Waals surface area contributed by atoms with Crippen molar-refractivity contribution in [2.75, 3.05) is 0 Å². The lowest BCUT2D eigenvalue weighted by Gasteiger charge is -2.08. The summed E-state index contributed by atoms with van der Waals surface area (Å²) in [6.07, 6.45) is 7.27. The molecule has 27 heavy (non-hydrogen) atoms. The molecular weight excluding hydrogens is 334 g/mol. The number of benzene rings is 2. The molecule has 0 bridgehead atoms. The largest absolute Gasteiger partial charge is 0.436 e. The maximum Gasteiger partial charge on any atom is 0.227 e. The highest BCUT2D eigenvalue weighted by molar-refractivity contribution is 5.81. The van der Waals surface area contributed by atoms with Crippen LogP contribution in [0.4, 0.5) is 0 Å². The van der Waals surface area contributed by atoms with Gasteiger partial charge in [0.2, 0.25) is 5.89 Å². The van der Waals surface area contributed by atoms with Gasteiger partial charge in [-0.3, -0.25) is 9.97 Å². The first-order valence-corrected chi connectivity index (χ1v) is 8.69. The Kier molecular flexibility index (Phi) is 3.72. The maximum absolute atomic E-state index is 5.99. The van der Waals surface area contributed by atoms with Gasteiger partial charge in [-0.25, -0.2) is 4.98 Å². The molecule has 3 heterocycles. The molecule has 0 saturated heterocycles. The van der Waals surface area contributed by atoms with E-state index in [2.05, 4.69) is 33.2 Å². The summed E-state index contributed by atoms with van der Waals surface area (Å²) in [6, 6.07) is 22.1. The first-order valence-electron chi connectivity index (χ1n) is 8.69. The Morgan fingerprint density at radius 1 is 0.593 bits per heavy atom. The molecule has 0 amide bonds. The summed E-state index contributed by atoms with van der Waals surface area (Å²) in [4.78, 5) is 13.2. The first-order chi connectivity index (χ1) is 13.4. The Morgan fingerprint density at radius 3 is 1.81 bits per heavy atom. The van der Waals surface area contributed by atoms with E-state index < -0.39 is 0 Å². The third kappa shape index (κ3) is 2.98. The van der Waals surface area contributed by atoms with Crippen molar-refractivity contribution in [2.24, 2.45) is 0 Å². The normalized spacial score (nSPS) is 11.0. The molecule has 2 aromatic carbocycles. The summed E-state index contributed by atoms with van der Waals surface area (Å²) in [7, 11) is 0. The fraction of sp³-hybridized carbons (Fsp3) is 0.